The number of ether oxygens (including phenoxy) is 1. The number of hydrogen-bond donors (Lipinski definition) is 1. The molecule has 0 aliphatic carbocycles. The van der Waals surface area contributed by atoms with Gasteiger partial charge in [0.1, 0.15) is 5.76 Å². The Kier molecular flexibility index (Phi) is 4.78. The number of aryl methyl sites for hydroxylation is 1. The van der Waals surface area contributed by atoms with E-state index < -0.39 is 0 Å². The molecule has 0 atom stereocenters. The van der Waals surface area contributed by atoms with Gasteiger partial charge in [-0.15, -0.1) is 0 Å². The molecule has 0 unspecified atom stereocenters. The van der Waals surface area contributed by atoms with Crippen molar-refractivity contribution in [3.63, 3.8) is 0 Å². The zero-order valence-corrected chi connectivity index (χ0v) is 12.7. The molecular weight excluding hydrogens is 264 g/mol. The van der Waals surface area contributed by atoms with Gasteiger partial charge in [-0.3, -0.25) is 0 Å². The van der Waals surface area contributed by atoms with Crippen LogP contribution >= 0.6 is 0 Å². The molecule has 0 saturated carbocycles. The first-order chi connectivity index (χ1) is 10.4. The lowest BCUT2D eigenvalue weighted by molar-refractivity contribution is 0.237. The normalized spacial score (nSPS) is 16.4. The van der Waals surface area contributed by atoms with Crippen molar-refractivity contribution in [3.05, 3.63) is 30.0 Å². The Morgan fingerprint density at radius 1 is 1.29 bits per heavy atom. The molecule has 2 heterocycles. The number of piperazine rings is 1. The van der Waals surface area contributed by atoms with Crippen LogP contribution in [0.3, 0.4) is 0 Å². The standard InChI is InChI=1S/C17H24N2O2/c1-2-20-16-7-3-5-14-13-15(21-17(14)16)6-4-10-19-11-8-18-9-12-19/h3,5,7,13,18H,2,4,6,8-12H2,1H3. The van der Waals surface area contributed by atoms with Crippen molar-refractivity contribution in [1.29, 1.82) is 0 Å². The second-order valence-corrected chi connectivity index (χ2v) is 5.52. The lowest BCUT2D eigenvalue weighted by atomic mass is 10.2. The van der Waals surface area contributed by atoms with Crippen molar-refractivity contribution >= 4 is 11.0 Å². The first-order valence-corrected chi connectivity index (χ1v) is 7.94. The quantitative estimate of drug-likeness (QED) is 0.887. The van der Waals surface area contributed by atoms with E-state index >= 15 is 0 Å². The molecule has 0 bridgehead atoms. The number of para-hydroxylation sites is 1. The first-order valence-electron chi connectivity index (χ1n) is 7.94. The highest BCUT2D eigenvalue weighted by atomic mass is 16.5. The molecule has 1 saturated heterocycles. The van der Waals surface area contributed by atoms with E-state index in [0.717, 1.165) is 68.0 Å². The lowest BCUT2D eigenvalue weighted by Crippen LogP contribution is -2.43. The fraction of sp³-hybridized carbons (Fsp3) is 0.529. The summed E-state index contributed by atoms with van der Waals surface area (Å²) >= 11 is 0. The zero-order valence-electron chi connectivity index (χ0n) is 12.7. The number of nitrogens with one attached hydrogen (secondary N) is 1. The molecule has 1 aromatic carbocycles. The molecule has 21 heavy (non-hydrogen) atoms. The Hall–Kier alpha value is -1.52. The summed E-state index contributed by atoms with van der Waals surface area (Å²) in [6, 6.07) is 8.23. The molecule has 114 valence electrons. The maximum Gasteiger partial charge on any atom is 0.176 e. The van der Waals surface area contributed by atoms with Crippen molar-refractivity contribution in [1.82, 2.24) is 10.2 Å². The molecule has 1 aromatic heterocycles. The van der Waals surface area contributed by atoms with Crippen LogP contribution in [0.2, 0.25) is 0 Å². The molecule has 1 fully saturated rings. The Bertz CT molecular complexity index is 573. The van der Waals surface area contributed by atoms with Gasteiger partial charge in [-0.25, -0.2) is 0 Å². The lowest BCUT2D eigenvalue weighted by Gasteiger charge is -2.26. The summed E-state index contributed by atoms with van der Waals surface area (Å²) in [7, 11) is 0. The van der Waals surface area contributed by atoms with Gasteiger partial charge < -0.3 is 19.4 Å². The molecule has 3 rings (SSSR count). The summed E-state index contributed by atoms with van der Waals surface area (Å²) in [5.41, 5.74) is 0.886. The number of hydrogen-bond acceptors (Lipinski definition) is 4. The van der Waals surface area contributed by atoms with Gasteiger partial charge >= 0.3 is 0 Å². The minimum atomic E-state index is 0.665. The van der Waals surface area contributed by atoms with Crippen molar-refractivity contribution in [2.45, 2.75) is 19.8 Å². The van der Waals surface area contributed by atoms with Crippen LogP contribution in [0.4, 0.5) is 0 Å². The van der Waals surface area contributed by atoms with Crippen LogP contribution in [-0.2, 0) is 6.42 Å². The van der Waals surface area contributed by atoms with Crippen molar-refractivity contribution in [2.75, 3.05) is 39.3 Å². The van der Waals surface area contributed by atoms with Crippen LogP contribution < -0.4 is 10.1 Å². The zero-order chi connectivity index (χ0) is 14.5. The maximum atomic E-state index is 5.99. The summed E-state index contributed by atoms with van der Waals surface area (Å²) in [6.07, 6.45) is 2.13. The predicted molar refractivity (Wildman–Crippen MR) is 85.0 cm³/mol. The average Bonchev–Trinajstić information content (AvgIpc) is 2.93. The van der Waals surface area contributed by atoms with Gasteiger partial charge in [-0.2, -0.15) is 0 Å². The van der Waals surface area contributed by atoms with Gasteiger partial charge in [-0.1, -0.05) is 12.1 Å². The van der Waals surface area contributed by atoms with E-state index in [4.69, 9.17) is 9.15 Å². The Morgan fingerprint density at radius 2 is 2.14 bits per heavy atom. The monoisotopic (exact) mass is 288 g/mol. The smallest absolute Gasteiger partial charge is 0.176 e. The topological polar surface area (TPSA) is 37.6 Å². The maximum absolute atomic E-state index is 5.99. The summed E-state index contributed by atoms with van der Waals surface area (Å²) in [5.74, 6) is 1.91. The fourth-order valence-corrected chi connectivity index (χ4v) is 2.89. The Labute approximate surface area is 126 Å². The van der Waals surface area contributed by atoms with Crippen molar-refractivity contribution < 1.29 is 9.15 Å². The van der Waals surface area contributed by atoms with Gasteiger partial charge in [0.15, 0.2) is 11.3 Å². The Morgan fingerprint density at radius 3 is 2.95 bits per heavy atom. The van der Waals surface area contributed by atoms with Crippen LogP contribution in [-0.4, -0.2) is 44.2 Å². The molecule has 2 aromatic rings. The van der Waals surface area contributed by atoms with E-state index in [9.17, 15) is 0 Å². The molecule has 1 aliphatic heterocycles. The second kappa shape index (κ2) is 6.96. The highest BCUT2D eigenvalue weighted by Crippen LogP contribution is 2.29. The van der Waals surface area contributed by atoms with Gasteiger partial charge in [0.25, 0.3) is 0 Å². The SMILES string of the molecule is CCOc1cccc2cc(CCCN3CCNCC3)oc12. The van der Waals surface area contributed by atoms with Crippen LogP contribution in [0.5, 0.6) is 5.75 Å². The molecule has 1 N–H and O–H groups in total. The van der Waals surface area contributed by atoms with Gasteiger partial charge in [0, 0.05) is 38.0 Å². The molecule has 0 amide bonds. The van der Waals surface area contributed by atoms with Crippen LogP contribution in [0.25, 0.3) is 11.0 Å². The highest BCUT2D eigenvalue weighted by molar-refractivity contribution is 5.83. The average molecular weight is 288 g/mol. The van der Waals surface area contributed by atoms with E-state index in [2.05, 4.69) is 22.3 Å². The minimum Gasteiger partial charge on any atom is -0.490 e. The summed E-state index contributed by atoms with van der Waals surface area (Å²) in [5, 5.41) is 4.52. The van der Waals surface area contributed by atoms with Gasteiger partial charge in [0.2, 0.25) is 0 Å². The number of furan rings is 1. The van der Waals surface area contributed by atoms with E-state index in [0.29, 0.717) is 6.61 Å². The summed E-state index contributed by atoms with van der Waals surface area (Å²) < 4.78 is 11.6. The third-order valence-electron chi connectivity index (χ3n) is 3.97. The first kappa shape index (κ1) is 14.4. The van der Waals surface area contributed by atoms with E-state index in [-0.39, 0.29) is 0 Å². The van der Waals surface area contributed by atoms with Crippen molar-refractivity contribution in [3.8, 4) is 5.75 Å². The molecule has 0 spiro atoms. The molecule has 4 nitrogen and oxygen atoms in total. The van der Waals surface area contributed by atoms with E-state index in [1.54, 1.807) is 0 Å². The molecule has 0 radical (unpaired) electrons. The van der Waals surface area contributed by atoms with Crippen LogP contribution in [0.15, 0.2) is 28.7 Å². The number of fused-ring (bicyclic) bond motifs is 1. The van der Waals surface area contributed by atoms with Crippen molar-refractivity contribution in [2.24, 2.45) is 0 Å². The second-order valence-electron chi connectivity index (χ2n) is 5.52. The highest BCUT2D eigenvalue weighted by Gasteiger charge is 2.11. The third-order valence-corrected chi connectivity index (χ3v) is 3.97. The summed E-state index contributed by atoms with van der Waals surface area (Å²) in [4.78, 5) is 2.52. The molecule has 4 heteroatoms. The molecule has 1 aliphatic rings. The van der Waals surface area contributed by atoms with Crippen LogP contribution in [0, 0.1) is 0 Å². The van der Waals surface area contributed by atoms with Gasteiger partial charge in [0.05, 0.1) is 6.61 Å². The minimum absolute atomic E-state index is 0.665. The fourth-order valence-electron chi connectivity index (χ4n) is 2.89. The third kappa shape index (κ3) is 3.57. The summed E-state index contributed by atoms with van der Waals surface area (Å²) in [6.45, 7) is 8.36. The largest absolute Gasteiger partial charge is 0.490 e. The number of rotatable bonds is 6. The Balaban J connectivity index is 1.60. The molecular formula is C17H24N2O2. The van der Waals surface area contributed by atoms with E-state index in [1.165, 1.54) is 0 Å². The van der Waals surface area contributed by atoms with E-state index in [1.807, 2.05) is 19.1 Å². The van der Waals surface area contributed by atoms with Crippen LogP contribution in [0.1, 0.15) is 19.1 Å². The number of nitrogens with zero attached hydrogens (tertiary/aromatic N) is 1. The van der Waals surface area contributed by atoms with Gasteiger partial charge in [-0.05, 0) is 32.0 Å². The number of benzene rings is 1. The predicted octanol–water partition coefficient (Wildman–Crippen LogP) is 2.67.